The van der Waals surface area contributed by atoms with Crippen LogP contribution in [0.2, 0.25) is 0 Å². The highest BCUT2D eigenvalue weighted by molar-refractivity contribution is 7.89. The van der Waals surface area contributed by atoms with Gasteiger partial charge < -0.3 is 15.5 Å². The van der Waals surface area contributed by atoms with Crippen LogP contribution in [-0.4, -0.2) is 69.9 Å². The van der Waals surface area contributed by atoms with E-state index in [0.29, 0.717) is 36.4 Å². The molecule has 0 radical (unpaired) electrons. The van der Waals surface area contributed by atoms with Crippen LogP contribution in [-0.2, 0) is 16.6 Å². The van der Waals surface area contributed by atoms with Crippen molar-refractivity contribution < 1.29 is 8.42 Å². The van der Waals surface area contributed by atoms with Crippen molar-refractivity contribution in [3.63, 3.8) is 0 Å². The van der Waals surface area contributed by atoms with E-state index in [2.05, 4.69) is 34.4 Å². The standard InChI is InChI=1S/C19H33N5O2S/c1-5-20-19(21-14-16(2)3)22-15-17-8-6-7-9-18(17)27(25,26)24-12-10-23(4)11-13-24/h6-9,16H,5,10-15H2,1-4H3,(H2,20,21,22). The lowest BCUT2D eigenvalue weighted by atomic mass is 10.2. The van der Waals surface area contributed by atoms with Crippen molar-refractivity contribution in [2.45, 2.75) is 32.2 Å². The normalized spacial score (nSPS) is 17.3. The third-order valence-corrected chi connectivity index (χ3v) is 6.48. The van der Waals surface area contributed by atoms with E-state index >= 15 is 0 Å². The molecule has 1 aliphatic heterocycles. The maximum atomic E-state index is 13.1. The fourth-order valence-corrected chi connectivity index (χ4v) is 4.50. The average Bonchev–Trinajstić information content (AvgIpc) is 2.64. The molecular formula is C19H33N5O2S. The zero-order valence-electron chi connectivity index (χ0n) is 16.9. The summed E-state index contributed by atoms with van der Waals surface area (Å²) in [6, 6.07) is 7.17. The summed E-state index contributed by atoms with van der Waals surface area (Å²) < 4.78 is 27.8. The summed E-state index contributed by atoms with van der Waals surface area (Å²) in [5, 5.41) is 6.50. The SMILES string of the molecule is CCNC(=NCc1ccccc1S(=O)(=O)N1CCN(C)CC1)NCC(C)C. The Hall–Kier alpha value is -1.64. The second-order valence-corrected chi connectivity index (χ2v) is 9.19. The second-order valence-electron chi connectivity index (χ2n) is 7.28. The Bertz CT molecular complexity index is 725. The molecule has 7 nitrogen and oxygen atoms in total. The van der Waals surface area contributed by atoms with Crippen LogP contribution in [0.15, 0.2) is 34.2 Å². The Morgan fingerprint density at radius 1 is 1.15 bits per heavy atom. The first kappa shape index (κ1) is 21.7. The molecule has 152 valence electrons. The molecule has 0 saturated carbocycles. The van der Waals surface area contributed by atoms with E-state index in [4.69, 9.17) is 0 Å². The molecule has 0 atom stereocenters. The first-order valence-corrected chi connectivity index (χ1v) is 11.1. The minimum Gasteiger partial charge on any atom is -0.357 e. The van der Waals surface area contributed by atoms with Crippen LogP contribution in [0.25, 0.3) is 0 Å². The van der Waals surface area contributed by atoms with Gasteiger partial charge in [-0.1, -0.05) is 32.0 Å². The van der Waals surface area contributed by atoms with Crippen LogP contribution in [0.4, 0.5) is 0 Å². The molecule has 0 aromatic heterocycles. The van der Waals surface area contributed by atoms with Crippen LogP contribution in [0.3, 0.4) is 0 Å². The molecule has 27 heavy (non-hydrogen) atoms. The summed E-state index contributed by atoms with van der Waals surface area (Å²) in [6.45, 7) is 10.7. The first-order valence-electron chi connectivity index (χ1n) is 9.63. The fraction of sp³-hybridized carbons (Fsp3) is 0.632. The van der Waals surface area contributed by atoms with Gasteiger partial charge in [-0.2, -0.15) is 4.31 Å². The van der Waals surface area contributed by atoms with Gasteiger partial charge in [-0.05, 0) is 31.5 Å². The molecule has 0 aliphatic carbocycles. The molecule has 0 amide bonds. The highest BCUT2D eigenvalue weighted by Crippen LogP contribution is 2.22. The van der Waals surface area contributed by atoms with Gasteiger partial charge in [0.25, 0.3) is 0 Å². The van der Waals surface area contributed by atoms with Gasteiger partial charge in [0.05, 0.1) is 11.4 Å². The van der Waals surface area contributed by atoms with Gasteiger partial charge in [0.1, 0.15) is 0 Å². The number of rotatable bonds is 7. The summed E-state index contributed by atoms with van der Waals surface area (Å²) >= 11 is 0. The molecule has 1 saturated heterocycles. The second kappa shape index (κ2) is 10.1. The number of hydrogen-bond donors (Lipinski definition) is 2. The molecule has 1 fully saturated rings. The summed E-state index contributed by atoms with van der Waals surface area (Å²) in [5.41, 5.74) is 0.721. The Balaban J connectivity index is 2.20. The van der Waals surface area contributed by atoms with Crippen molar-refractivity contribution in [1.29, 1.82) is 0 Å². The zero-order chi connectivity index (χ0) is 19.9. The lowest BCUT2D eigenvalue weighted by molar-refractivity contribution is 0.222. The van der Waals surface area contributed by atoms with Gasteiger partial charge in [0, 0.05) is 39.3 Å². The number of hydrogen-bond acceptors (Lipinski definition) is 4. The Labute approximate surface area is 163 Å². The minimum absolute atomic E-state index is 0.316. The van der Waals surface area contributed by atoms with E-state index in [9.17, 15) is 8.42 Å². The summed E-state index contributed by atoms with van der Waals surface area (Å²) in [7, 11) is -1.49. The largest absolute Gasteiger partial charge is 0.357 e. The third kappa shape index (κ3) is 6.19. The van der Waals surface area contributed by atoms with Crippen molar-refractivity contribution in [3.8, 4) is 0 Å². The lowest BCUT2D eigenvalue weighted by Gasteiger charge is -2.32. The third-order valence-electron chi connectivity index (χ3n) is 4.48. The predicted octanol–water partition coefficient (Wildman–Crippen LogP) is 1.33. The van der Waals surface area contributed by atoms with Crippen molar-refractivity contribution in [3.05, 3.63) is 29.8 Å². The molecule has 1 aliphatic rings. The van der Waals surface area contributed by atoms with E-state index in [1.54, 1.807) is 16.4 Å². The summed E-state index contributed by atoms with van der Waals surface area (Å²) in [4.78, 5) is 7.09. The van der Waals surface area contributed by atoms with E-state index in [0.717, 1.165) is 31.7 Å². The molecule has 1 heterocycles. The maximum absolute atomic E-state index is 13.1. The summed E-state index contributed by atoms with van der Waals surface area (Å²) in [6.07, 6.45) is 0. The smallest absolute Gasteiger partial charge is 0.243 e. The molecule has 2 N–H and O–H groups in total. The number of guanidine groups is 1. The van der Waals surface area contributed by atoms with Gasteiger partial charge >= 0.3 is 0 Å². The molecule has 1 aromatic rings. The lowest BCUT2D eigenvalue weighted by Crippen LogP contribution is -2.47. The van der Waals surface area contributed by atoms with Gasteiger partial charge in [0.2, 0.25) is 10.0 Å². The van der Waals surface area contributed by atoms with E-state index in [1.807, 2.05) is 26.1 Å². The topological polar surface area (TPSA) is 77.0 Å². The number of benzene rings is 1. The van der Waals surface area contributed by atoms with Gasteiger partial charge in [-0.25, -0.2) is 13.4 Å². The first-order chi connectivity index (χ1) is 12.8. The zero-order valence-corrected chi connectivity index (χ0v) is 17.7. The number of nitrogens with zero attached hydrogens (tertiary/aromatic N) is 3. The highest BCUT2D eigenvalue weighted by atomic mass is 32.2. The molecule has 1 aromatic carbocycles. The van der Waals surface area contributed by atoms with Crippen LogP contribution in [0, 0.1) is 5.92 Å². The number of nitrogens with one attached hydrogen (secondary N) is 2. The summed E-state index contributed by atoms with van der Waals surface area (Å²) in [5.74, 6) is 1.21. The van der Waals surface area contributed by atoms with Gasteiger partial charge in [0.15, 0.2) is 5.96 Å². The number of likely N-dealkylation sites (N-methyl/N-ethyl adjacent to an activating group) is 1. The Morgan fingerprint density at radius 3 is 2.44 bits per heavy atom. The van der Waals surface area contributed by atoms with E-state index in [1.165, 1.54) is 0 Å². The van der Waals surface area contributed by atoms with E-state index in [-0.39, 0.29) is 0 Å². The highest BCUT2D eigenvalue weighted by Gasteiger charge is 2.29. The Kier molecular flexibility index (Phi) is 8.07. The monoisotopic (exact) mass is 395 g/mol. The Morgan fingerprint density at radius 2 is 1.81 bits per heavy atom. The number of aliphatic imine (C=N–C) groups is 1. The average molecular weight is 396 g/mol. The van der Waals surface area contributed by atoms with Gasteiger partial charge in [-0.15, -0.1) is 0 Å². The fourth-order valence-electron chi connectivity index (χ4n) is 2.86. The molecule has 0 unspecified atom stereocenters. The maximum Gasteiger partial charge on any atom is 0.243 e. The number of piperazine rings is 1. The van der Waals surface area contributed by atoms with E-state index < -0.39 is 10.0 Å². The molecular weight excluding hydrogens is 362 g/mol. The molecule has 0 spiro atoms. The predicted molar refractivity (Wildman–Crippen MR) is 110 cm³/mol. The quantitative estimate of drug-likeness (QED) is 0.538. The van der Waals surface area contributed by atoms with Crippen LogP contribution < -0.4 is 10.6 Å². The molecule has 2 rings (SSSR count). The molecule has 8 heteroatoms. The van der Waals surface area contributed by atoms with Crippen molar-refractivity contribution in [1.82, 2.24) is 19.8 Å². The number of sulfonamides is 1. The van der Waals surface area contributed by atoms with Crippen LogP contribution in [0.5, 0.6) is 0 Å². The van der Waals surface area contributed by atoms with Crippen molar-refractivity contribution >= 4 is 16.0 Å². The van der Waals surface area contributed by atoms with Crippen molar-refractivity contribution in [2.75, 3.05) is 46.3 Å². The van der Waals surface area contributed by atoms with Crippen LogP contribution >= 0.6 is 0 Å². The minimum atomic E-state index is -3.51. The van der Waals surface area contributed by atoms with Gasteiger partial charge in [-0.3, -0.25) is 0 Å². The molecule has 0 bridgehead atoms. The van der Waals surface area contributed by atoms with Crippen LogP contribution in [0.1, 0.15) is 26.3 Å². The van der Waals surface area contributed by atoms with Crippen molar-refractivity contribution in [2.24, 2.45) is 10.9 Å².